The molecule has 5 nitrogen and oxygen atoms in total. The van der Waals surface area contributed by atoms with Gasteiger partial charge in [-0.05, 0) is 25.0 Å². The zero-order chi connectivity index (χ0) is 15.7. The Morgan fingerprint density at radius 2 is 2.00 bits per heavy atom. The van der Waals surface area contributed by atoms with Crippen molar-refractivity contribution in [1.29, 1.82) is 0 Å². The van der Waals surface area contributed by atoms with E-state index in [0.717, 1.165) is 38.2 Å². The van der Waals surface area contributed by atoms with Gasteiger partial charge in [-0.3, -0.25) is 9.59 Å². The van der Waals surface area contributed by atoms with E-state index in [1.54, 1.807) is 12.1 Å². The van der Waals surface area contributed by atoms with Crippen LogP contribution in [-0.2, 0) is 4.79 Å². The van der Waals surface area contributed by atoms with Crippen LogP contribution in [0.4, 0.5) is 0 Å². The maximum atomic E-state index is 12.6. The van der Waals surface area contributed by atoms with Crippen molar-refractivity contribution in [3.63, 3.8) is 0 Å². The number of furan rings is 1. The molecule has 1 aromatic heterocycles. The maximum Gasteiger partial charge on any atom is 0.290 e. The molecule has 22 heavy (non-hydrogen) atoms. The topological polar surface area (TPSA) is 53.8 Å². The maximum absolute atomic E-state index is 12.6. The lowest BCUT2D eigenvalue weighted by atomic mass is 10.0. The molecule has 0 saturated carbocycles. The van der Waals surface area contributed by atoms with E-state index in [4.69, 9.17) is 4.42 Å². The molecule has 3 heterocycles. The number of amides is 2. The van der Waals surface area contributed by atoms with Crippen LogP contribution >= 0.6 is 11.8 Å². The third-order valence-corrected chi connectivity index (χ3v) is 6.06. The zero-order valence-electron chi connectivity index (χ0n) is 13.1. The summed E-state index contributed by atoms with van der Waals surface area (Å²) in [6, 6.07) is 3.46. The van der Waals surface area contributed by atoms with Crippen molar-refractivity contribution in [3.8, 4) is 0 Å². The van der Waals surface area contributed by atoms with Crippen molar-refractivity contribution < 1.29 is 14.0 Å². The first-order valence-corrected chi connectivity index (χ1v) is 8.80. The number of likely N-dealkylation sites (tertiary alicyclic amines) is 1. The van der Waals surface area contributed by atoms with Crippen molar-refractivity contribution in [1.82, 2.24) is 9.80 Å². The summed E-state index contributed by atoms with van der Waals surface area (Å²) in [5, 5.41) is 0. The molecule has 3 rings (SSSR count). The van der Waals surface area contributed by atoms with Crippen LogP contribution in [0.15, 0.2) is 22.8 Å². The highest BCUT2D eigenvalue weighted by molar-refractivity contribution is 8.00. The largest absolute Gasteiger partial charge is 0.459 e. The summed E-state index contributed by atoms with van der Waals surface area (Å²) in [5.74, 6) is 1.57. The number of piperidine rings is 1. The van der Waals surface area contributed by atoms with Crippen LogP contribution in [-0.4, -0.2) is 51.9 Å². The van der Waals surface area contributed by atoms with E-state index in [-0.39, 0.29) is 22.6 Å². The Hall–Kier alpha value is -1.43. The lowest BCUT2D eigenvalue weighted by Gasteiger charge is -2.44. The van der Waals surface area contributed by atoms with Crippen molar-refractivity contribution in [2.45, 2.75) is 31.6 Å². The summed E-state index contributed by atoms with van der Waals surface area (Å²) >= 11 is 1.85. The fraction of sp³-hybridized carbons (Fsp3) is 0.625. The Bertz CT molecular complexity index is 548. The Kier molecular flexibility index (Phi) is 4.21. The van der Waals surface area contributed by atoms with Gasteiger partial charge in [0, 0.05) is 31.3 Å². The predicted molar refractivity (Wildman–Crippen MR) is 85.6 cm³/mol. The molecule has 0 aliphatic carbocycles. The molecule has 6 heteroatoms. The van der Waals surface area contributed by atoms with Gasteiger partial charge in [0.2, 0.25) is 5.91 Å². The van der Waals surface area contributed by atoms with Crippen molar-refractivity contribution in [2.24, 2.45) is 5.92 Å². The highest BCUT2D eigenvalue weighted by Gasteiger charge is 2.47. The Labute approximate surface area is 135 Å². The van der Waals surface area contributed by atoms with Gasteiger partial charge in [-0.1, -0.05) is 13.8 Å². The van der Waals surface area contributed by atoms with Gasteiger partial charge >= 0.3 is 0 Å². The number of hydrogen-bond acceptors (Lipinski definition) is 4. The van der Waals surface area contributed by atoms with Crippen LogP contribution in [0.25, 0.3) is 0 Å². The predicted octanol–water partition coefficient (Wildman–Crippen LogP) is 2.44. The third-order valence-electron chi connectivity index (χ3n) is 4.50. The number of nitrogens with zero attached hydrogens (tertiary/aromatic N) is 2. The monoisotopic (exact) mass is 322 g/mol. The number of carbonyl (C=O) groups excluding carboxylic acids is 2. The van der Waals surface area contributed by atoms with Gasteiger partial charge in [0.25, 0.3) is 5.91 Å². The quantitative estimate of drug-likeness (QED) is 0.839. The molecule has 0 N–H and O–H groups in total. The normalized spacial score (nSPS) is 20.9. The highest BCUT2D eigenvalue weighted by Crippen LogP contribution is 2.44. The summed E-state index contributed by atoms with van der Waals surface area (Å²) in [5.41, 5.74) is 0. The first kappa shape index (κ1) is 15.5. The van der Waals surface area contributed by atoms with Crippen LogP contribution in [0.5, 0.6) is 0 Å². The number of carbonyl (C=O) groups is 2. The van der Waals surface area contributed by atoms with Crippen LogP contribution in [0.3, 0.4) is 0 Å². The molecule has 2 amide bonds. The summed E-state index contributed by atoms with van der Waals surface area (Å²) in [7, 11) is 0. The Morgan fingerprint density at radius 3 is 2.59 bits per heavy atom. The molecule has 1 aromatic rings. The van der Waals surface area contributed by atoms with Crippen LogP contribution in [0.1, 0.15) is 37.2 Å². The number of hydrogen-bond donors (Lipinski definition) is 0. The highest BCUT2D eigenvalue weighted by atomic mass is 32.2. The minimum atomic E-state index is -0.169. The average Bonchev–Trinajstić information content (AvgIpc) is 3.17. The van der Waals surface area contributed by atoms with E-state index >= 15 is 0 Å². The van der Waals surface area contributed by atoms with Gasteiger partial charge in [-0.25, -0.2) is 0 Å². The summed E-state index contributed by atoms with van der Waals surface area (Å²) in [6.45, 7) is 6.08. The van der Waals surface area contributed by atoms with E-state index in [1.165, 1.54) is 6.26 Å². The van der Waals surface area contributed by atoms with Gasteiger partial charge < -0.3 is 14.2 Å². The second kappa shape index (κ2) is 5.99. The summed E-state index contributed by atoms with van der Waals surface area (Å²) in [4.78, 5) is 28.5. The molecule has 0 unspecified atom stereocenters. The summed E-state index contributed by atoms with van der Waals surface area (Å²) in [6.07, 6.45) is 3.21. The molecule has 0 radical (unpaired) electrons. The Balaban J connectivity index is 1.71. The van der Waals surface area contributed by atoms with Gasteiger partial charge in [-0.15, -0.1) is 11.8 Å². The smallest absolute Gasteiger partial charge is 0.290 e. The second-order valence-corrected chi connectivity index (χ2v) is 7.67. The molecular formula is C16H22N2O3S. The second-order valence-electron chi connectivity index (χ2n) is 6.21. The minimum absolute atomic E-state index is 0.0290. The number of rotatable bonds is 2. The third kappa shape index (κ3) is 2.64. The van der Waals surface area contributed by atoms with E-state index in [1.807, 2.05) is 35.4 Å². The standard InChI is InChI=1S/C16H22N2O3S/c1-12(2)14(19)17-7-5-16(6-8-17)18(9-11-22-16)15(20)13-4-3-10-21-13/h3-4,10,12H,5-9,11H2,1-2H3. The van der Waals surface area contributed by atoms with E-state index < -0.39 is 0 Å². The van der Waals surface area contributed by atoms with Gasteiger partial charge in [-0.2, -0.15) is 0 Å². The molecule has 0 atom stereocenters. The van der Waals surface area contributed by atoms with Gasteiger partial charge in [0.15, 0.2) is 5.76 Å². The van der Waals surface area contributed by atoms with Crippen LogP contribution < -0.4 is 0 Å². The SMILES string of the molecule is CC(C)C(=O)N1CCC2(CC1)SCCN2C(=O)c1ccco1. The molecular weight excluding hydrogens is 300 g/mol. The van der Waals surface area contributed by atoms with Crippen molar-refractivity contribution in [3.05, 3.63) is 24.2 Å². The average molecular weight is 322 g/mol. The molecule has 2 fully saturated rings. The molecule has 2 aliphatic heterocycles. The molecule has 2 saturated heterocycles. The first-order valence-electron chi connectivity index (χ1n) is 7.82. The molecule has 120 valence electrons. The van der Waals surface area contributed by atoms with Crippen molar-refractivity contribution in [2.75, 3.05) is 25.4 Å². The summed E-state index contributed by atoms with van der Waals surface area (Å²) < 4.78 is 5.27. The lowest BCUT2D eigenvalue weighted by molar-refractivity contribution is -0.136. The van der Waals surface area contributed by atoms with Crippen LogP contribution in [0.2, 0.25) is 0 Å². The van der Waals surface area contributed by atoms with Crippen LogP contribution in [0, 0.1) is 5.92 Å². The molecule has 0 aromatic carbocycles. The van der Waals surface area contributed by atoms with Gasteiger partial charge in [0.05, 0.1) is 11.1 Å². The molecule has 1 spiro atoms. The first-order chi connectivity index (χ1) is 10.5. The lowest BCUT2D eigenvalue weighted by Crippen LogP contribution is -2.54. The van der Waals surface area contributed by atoms with E-state index in [9.17, 15) is 9.59 Å². The van der Waals surface area contributed by atoms with Gasteiger partial charge in [0.1, 0.15) is 0 Å². The molecule has 0 bridgehead atoms. The Morgan fingerprint density at radius 1 is 1.27 bits per heavy atom. The van der Waals surface area contributed by atoms with E-state index in [0.29, 0.717) is 5.76 Å². The molecule has 2 aliphatic rings. The fourth-order valence-corrected chi connectivity index (χ4v) is 4.74. The fourth-order valence-electron chi connectivity index (χ4n) is 3.28. The number of thioether (sulfide) groups is 1. The zero-order valence-corrected chi connectivity index (χ0v) is 13.9. The minimum Gasteiger partial charge on any atom is -0.459 e. The van der Waals surface area contributed by atoms with Crippen molar-refractivity contribution >= 4 is 23.6 Å². The van der Waals surface area contributed by atoms with E-state index in [2.05, 4.69) is 0 Å².